The fraction of sp³-hybridized carbons (Fsp3) is 0.455. The summed E-state index contributed by atoms with van der Waals surface area (Å²) in [7, 11) is -3.60. The van der Waals surface area contributed by atoms with E-state index in [1.807, 2.05) is 0 Å². The van der Waals surface area contributed by atoms with Gasteiger partial charge in [0, 0.05) is 42.7 Å². The Morgan fingerprint density at radius 1 is 1.19 bits per heavy atom. The number of carbonyl (C=O) groups excluding carboxylic acids is 2. The first-order chi connectivity index (χ1) is 15.1. The van der Waals surface area contributed by atoms with Crippen molar-refractivity contribution in [1.29, 1.82) is 0 Å². The van der Waals surface area contributed by atoms with Crippen molar-refractivity contribution < 1.29 is 18.0 Å². The lowest BCUT2D eigenvalue weighted by Crippen LogP contribution is -2.35. The van der Waals surface area contributed by atoms with E-state index in [1.54, 1.807) is 13.8 Å². The molecule has 0 bridgehead atoms. The highest BCUT2D eigenvalue weighted by molar-refractivity contribution is 7.89. The van der Waals surface area contributed by atoms with E-state index in [0.29, 0.717) is 48.2 Å². The van der Waals surface area contributed by atoms with Gasteiger partial charge in [0.15, 0.2) is 0 Å². The van der Waals surface area contributed by atoms with E-state index in [-0.39, 0.29) is 4.90 Å². The molecular formula is C22H30N4O4S2. The standard InChI is InChI=1S/C22H30N4O4S2/c1-5-26(6-2)32(29,30)16-9-7-15(8-10-16)21(28)24-22-19(20(23)27)17-11-12-25(14(3)4)13-18(17)31-22/h7-10,14H,5-6,11-13H2,1-4H3,(H2,23,27)(H,24,28). The molecule has 0 aliphatic carbocycles. The lowest BCUT2D eigenvalue weighted by atomic mass is 10.0. The van der Waals surface area contributed by atoms with Gasteiger partial charge >= 0.3 is 0 Å². The molecule has 2 heterocycles. The van der Waals surface area contributed by atoms with Crippen LogP contribution in [0.1, 0.15) is 58.9 Å². The van der Waals surface area contributed by atoms with Crippen molar-refractivity contribution in [2.75, 3.05) is 25.0 Å². The van der Waals surface area contributed by atoms with Crippen molar-refractivity contribution in [3.63, 3.8) is 0 Å². The zero-order valence-corrected chi connectivity index (χ0v) is 20.5. The first-order valence-electron chi connectivity index (χ1n) is 10.7. The molecule has 0 saturated carbocycles. The second-order valence-electron chi connectivity index (χ2n) is 7.95. The Labute approximate surface area is 193 Å². The molecule has 8 nitrogen and oxygen atoms in total. The van der Waals surface area contributed by atoms with Crippen LogP contribution in [-0.4, -0.2) is 55.1 Å². The summed E-state index contributed by atoms with van der Waals surface area (Å²) in [6.07, 6.45) is 0.704. The predicted molar refractivity (Wildman–Crippen MR) is 127 cm³/mol. The molecule has 174 valence electrons. The van der Waals surface area contributed by atoms with Crippen LogP contribution in [-0.2, 0) is 23.0 Å². The molecule has 2 aromatic rings. The number of thiophene rings is 1. The highest BCUT2D eigenvalue weighted by Gasteiger charge is 2.29. The topological polar surface area (TPSA) is 113 Å². The van der Waals surface area contributed by atoms with Gasteiger partial charge in [0.2, 0.25) is 10.0 Å². The summed E-state index contributed by atoms with van der Waals surface area (Å²) in [5, 5.41) is 3.26. The third kappa shape index (κ3) is 4.73. The van der Waals surface area contributed by atoms with Gasteiger partial charge in [-0.2, -0.15) is 4.31 Å². The van der Waals surface area contributed by atoms with Gasteiger partial charge in [-0.1, -0.05) is 13.8 Å². The Morgan fingerprint density at radius 2 is 1.81 bits per heavy atom. The van der Waals surface area contributed by atoms with Gasteiger partial charge in [-0.25, -0.2) is 8.42 Å². The lowest BCUT2D eigenvalue weighted by Gasteiger charge is -2.30. The molecule has 0 fully saturated rings. The zero-order valence-electron chi connectivity index (χ0n) is 18.8. The highest BCUT2D eigenvalue weighted by Crippen LogP contribution is 2.37. The number of primary amides is 1. The lowest BCUT2D eigenvalue weighted by molar-refractivity contribution is 0.0999. The largest absolute Gasteiger partial charge is 0.365 e. The average molecular weight is 479 g/mol. The summed E-state index contributed by atoms with van der Waals surface area (Å²) in [5.41, 5.74) is 7.24. The molecule has 10 heteroatoms. The van der Waals surface area contributed by atoms with Gasteiger partial charge in [0.1, 0.15) is 5.00 Å². The van der Waals surface area contributed by atoms with Crippen LogP contribution >= 0.6 is 11.3 Å². The first-order valence-corrected chi connectivity index (χ1v) is 13.0. The summed E-state index contributed by atoms with van der Waals surface area (Å²) in [5.74, 6) is -0.977. The molecular weight excluding hydrogens is 448 g/mol. The predicted octanol–water partition coefficient (Wildman–Crippen LogP) is 2.90. The number of rotatable bonds is 8. The summed E-state index contributed by atoms with van der Waals surface area (Å²) in [6.45, 7) is 10.1. The van der Waals surface area contributed by atoms with E-state index >= 15 is 0 Å². The SMILES string of the molecule is CCN(CC)S(=O)(=O)c1ccc(C(=O)Nc2sc3c(c2C(N)=O)CCN(C(C)C)C3)cc1. The normalized spacial score (nSPS) is 14.6. The highest BCUT2D eigenvalue weighted by atomic mass is 32.2. The van der Waals surface area contributed by atoms with Crippen LogP contribution in [0.3, 0.4) is 0 Å². The summed E-state index contributed by atoms with van der Waals surface area (Å²) in [4.78, 5) is 28.5. The van der Waals surface area contributed by atoms with Gasteiger partial charge in [-0.05, 0) is 50.1 Å². The van der Waals surface area contributed by atoms with Gasteiger partial charge < -0.3 is 11.1 Å². The molecule has 0 radical (unpaired) electrons. The first kappa shape index (κ1) is 24.4. The molecule has 0 atom stereocenters. The molecule has 0 saturated heterocycles. The van der Waals surface area contributed by atoms with E-state index < -0.39 is 21.8 Å². The van der Waals surface area contributed by atoms with Gasteiger partial charge in [-0.3, -0.25) is 14.5 Å². The number of benzene rings is 1. The van der Waals surface area contributed by atoms with Crippen LogP contribution in [0.4, 0.5) is 5.00 Å². The molecule has 1 aliphatic heterocycles. The Balaban J connectivity index is 1.84. The maximum Gasteiger partial charge on any atom is 0.256 e. The molecule has 1 aromatic carbocycles. The number of sulfonamides is 1. The van der Waals surface area contributed by atoms with E-state index in [4.69, 9.17) is 5.73 Å². The number of nitrogens with zero attached hydrogens (tertiary/aromatic N) is 2. The fourth-order valence-corrected chi connectivity index (χ4v) is 6.61. The van der Waals surface area contributed by atoms with Crippen LogP contribution in [0.15, 0.2) is 29.2 Å². The maximum atomic E-state index is 12.9. The Morgan fingerprint density at radius 3 is 2.34 bits per heavy atom. The molecule has 0 spiro atoms. The molecule has 1 aromatic heterocycles. The average Bonchev–Trinajstić information content (AvgIpc) is 3.11. The second-order valence-corrected chi connectivity index (χ2v) is 11.0. The van der Waals surface area contributed by atoms with E-state index in [9.17, 15) is 18.0 Å². The van der Waals surface area contributed by atoms with Crippen LogP contribution in [0.2, 0.25) is 0 Å². The number of anilines is 1. The molecule has 3 N–H and O–H groups in total. The number of fused-ring (bicyclic) bond motifs is 1. The minimum atomic E-state index is -3.60. The minimum Gasteiger partial charge on any atom is -0.365 e. The van der Waals surface area contributed by atoms with Crippen molar-refractivity contribution in [2.24, 2.45) is 5.73 Å². The summed E-state index contributed by atoms with van der Waals surface area (Å²) >= 11 is 1.37. The van der Waals surface area contributed by atoms with Crippen LogP contribution < -0.4 is 11.1 Å². The van der Waals surface area contributed by atoms with Crippen LogP contribution in [0.5, 0.6) is 0 Å². The van der Waals surface area contributed by atoms with Crippen molar-refractivity contribution in [1.82, 2.24) is 9.21 Å². The van der Waals surface area contributed by atoms with E-state index in [0.717, 1.165) is 17.0 Å². The van der Waals surface area contributed by atoms with Crippen molar-refractivity contribution in [3.05, 3.63) is 45.8 Å². The third-order valence-corrected chi connectivity index (χ3v) is 8.95. The molecule has 32 heavy (non-hydrogen) atoms. The Kier molecular flexibility index (Phi) is 7.39. The Bertz CT molecular complexity index is 1100. The van der Waals surface area contributed by atoms with Gasteiger partial charge in [-0.15, -0.1) is 11.3 Å². The molecule has 1 aliphatic rings. The third-order valence-electron chi connectivity index (χ3n) is 5.75. The summed E-state index contributed by atoms with van der Waals surface area (Å²) < 4.78 is 26.6. The smallest absolute Gasteiger partial charge is 0.256 e. The fourth-order valence-electron chi connectivity index (χ4n) is 3.88. The summed E-state index contributed by atoms with van der Waals surface area (Å²) in [6, 6.07) is 6.19. The van der Waals surface area contributed by atoms with Crippen molar-refractivity contribution in [3.8, 4) is 0 Å². The maximum absolute atomic E-state index is 12.9. The van der Waals surface area contributed by atoms with Gasteiger partial charge in [0.25, 0.3) is 11.8 Å². The number of hydrogen-bond acceptors (Lipinski definition) is 6. The number of amides is 2. The quantitative estimate of drug-likeness (QED) is 0.606. The molecule has 3 rings (SSSR count). The number of carbonyl (C=O) groups is 2. The second kappa shape index (κ2) is 9.70. The minimum absolute atomic E-state index is 0.135. The monoisotopic (exact) mass is 478 g/mol. The van der Waals surface area contributed by atoms with Crippen molar-refractivity contribution >= 4 is 38.2 Å². The number of nitrogens with two attached hydrogens (primary N) is 1. The molecule has 0 unspecified atom stereocenters. The Hall–Kier alpha value is -2.27. The van der Waals surface area contributed by atoms with Crippen LogP contribution in [0, 0.1) is 0 Å². The van der Waals surface area contributed by atoms with Crippen LogP contribution in [0.25, 0.3) is 0 Å². The van der Waals surface area contributed by atoms with E-state index in [2.05, 4.69) is 24.1 Å². The molecule has 2 amide bonds. The van der Waals surface area contributed by atoms with E-state index in [1.165, 1.54) is 39.9 Å². The number of nitrogens with one attached hydrogen (secondary N) is 1. The zero-order chi connectivity index (χ0) is 23.6. The van der Waals surface area contributed by atoms with Crippen molar-refractivity contribution in [2.45, 2.75) is 51.6 Å². The van der Waals surface area contributed by atoms with Gasteiger partial charge in [0.05, 0.1) is 10.5 Å². The number of hydrogen-bond donors (Lipinski definition) is 2.